The molecule has 0 aliphatic carbocycles. The Morgan fingerprint density at radius 1 is 0.982 bits per heavy atom. The monoisotopic (exact) mass is 784 g/mol. The van der Waals surface area contributed by atoms with Crippen LogP contribution >= 0.6 is 11.8 Å². The number of hydrogen-bond donors (Lipinski definition) is 4. The molecule has 5 amide bonds. The maximum Gasteiger partial charge on any atom is 0.343 e. The van der Waals surface area contributed by atoms with Crippen molar-refractivity contribution >= 4 is 63.9 Å². The third kappa shape index (κ3) is 6.89. The Labute approximate surface area is 326 Å². The van der Waals surface area contributed by atoms with Crippen molar-refractivity contribution in [2.75, 3.05) is 17.6 Å². The first kappa shape index (κ1) is 38.9. The molecular formula is C40H44N6O9S. The van der Waals surface area contributed by atoms with E-state index in [1.807, 2.05) is 0 Å². The van der Waals surface area contributed by atoms with E-state index in [4.69, 9.17) is 9.72 Å². The van der Waals surface area contributed by atoms with Crippen molar-refractivity contribution in [1.82, 2.24) is 25.1 Å². The second-order valence-electron chi connectivity index (χ2n) is 14.9. The van der Waals surface area contributed by atoms with Gasteiger partial charge in [-0.25, -0.2) is 9.78 Å². The molecule has 4 aliphatic heterocycles. The first-order chi connectivity index (χ1) is 26.7. The number of aryl methyl sites for hydroxylation is 1. The molecule has 0 saturated carbocycles. The van der Waals surface area contributed by atoms with Crippen LogP contribution in [0, 0.1) is 5.92 Å². The van der Waals surface area contributed by atoms with Gasteiger partial charge in [0.25, 0.3) is 17.4 Å². The fraction of sp³-hybridized carbons (Fsp3) is 0.450. The van der Waals surface area contributed by atoms with Crippen molar-refractivity contribution in [1.29, 1.82) is 0 Å². The highest BCUT2D eigenvalue weighted by Gasteiger charge is 2.45. The Hall–Kier alpha value is -5.35. The van der Waals surface area contributed by atoms with Gasteiger partial charge in [0, 0.05) is 52.3 Å². The summed E-state index contributed by atoms with van der Waals surface area (Å²) < 4.78 is 6.82. The van der Waals surface area contributed by atoms with Crippen molar-refractivity contribution in [3.8, 4) is 11.4 Å². The molecule has 0 bridgehead atoms. The molecule has 4 aliphatic rings. The van der Waals surface area contributed by atoms with Crippen molar-refractivity contribution in [2.24, 2.45) is 5.92 Å². The molecule has 0 saturated heterocycles. The van der Waals surface area contributed by atoms with Crippen molar-refractivity contribution in [3.63, 3.8) is 0 Å². The SMILES string of the molecule is CC[C@@]1(O)C(=O)OCc2c1cc1n(c2=O)Cc2c-1nc1ccc(NC(=O)[C@H](C)NC(=O)[C@@H](NC(=O)CCCCCN3C(=O)C=CC3=O)C(C)C)c3c1c2CCS3. The predicted octanol–water partition coefficient (Wildman–Crippen LogP) is 2.80. The summed E-state index contributed by atoms with van der Waals surface area (Å²) in [4.78, 5) is 96.4. The third-order valence-corrected chi connectivity index (χ3v) is 12.1. The molecule has 7 rings (SSSR count). The van der Waals surface area contributed by atoms with E-state index in [2.05, 4.69) is 16.0 Å². The number of imide groups is 1. The Kier molecular flexibility index (Phi) is 10.6. The highest BCUT2D eigenvalue weighted by atomic mass is 32.2. The number of nitrogens with zero attached hydrogens (tertiary/aromatic N) is 3. The minimum Gasteiger partial charge on any atom is -0.458 e. The fourth-order valence-electron chi connectivity index (χ4n) is 7.79. The topological polar surface area (TPSA) is 206 Å². The van der Waals surface area contributed by atoms with Crippen LogP contribution in [-0.4, -0.2) is 79.4 Å². The molecule has 3 aromatic rings. The summed E-state index contributed by atoms with van der Waals surface area (Å²) in [5.41, 5.74) is 2.54. The number of carbonyl (C=O) groups excluding carboxylic acids is 6. The zero-order chi connectivity index (χ0) is 40.1. The number of aliphatic hydroxyl groups is 1. The van der Waals surface area contributed by atoms with Crippen molar-refractivity contribution in [2.45, 2.75) is 102 Å². The predicted molar refractivity (Wildman–Crippen MR) is 206 cm³/mol. The maximum atomic E-state index is 13.7. The molecule has 56 heavy (non-hydrogen) atoms. The number of fused-ring (bicyclic) bond motifs is 5. The number of nitrogens with one attached hydrogen (secondary N) is 3. The molecule has 15 nitrogen and oxygen atoms in total. The number of unbranched alkanes of at least 4 members (excludes halogenated alkanes) is 2. The summed E-state index contributed by atoms with van der Waals surface area (Å²) in [6.07, 6.45) is 5.09. The lowest BCUT2D eigenvalue weighted by molar-refractivity contribution is -0.172. The Morgan fingerprint density at radius 2 is 1.73 bits per heavy atom. The van der Waals surface area contributed by atoms with Crippen LogP contribution in [0.15, 0.2) is 40.0 Å². The van der Waals surface area contributed by atoms with E-state index in [9.17, 15) is 38.7 Å². The Balaban J connectivity index is 1.02. The van der Waals surface area contributed by atoms with Gasteiger partial charge < -0.3 is 30.4 Å². The average molecular weight is 785 g/mol. The van der Waals surface area contributed by atoms with Crippen LogP contribution < -0.4 is 21.5 Å². The second kappa shape index (κ2) is 15.3. The molecule has 6 heterocycles. The van der Waals surface area contributed by atoms with E-state index >= 15 is 0 Å². The van der Waals surface area contributed by atoms with Gasteiger partial charge in [0.15, 0.2) is 5.60 Å². The fourth-order valence-corrected chi connectivity index (χ4v) is 8.94. The molecule has 4 N–H and O–H groups in total. The highest BCUT2D eigenvalue weighted by Crippen LogP contribution is 2.46. The molecule has 0 fully saturated rings. The van der Waals surface area contributed by atoms with E-state index < -0.39 is 35.5 Å². The molecule has 2 aromatic heterocycles. The highest BCUT2D eigenvalue weighted by molar-refractivity contribution is 7.99. The molecule has 0 unspecified atom stereocenters. The Morgan fingerprint density at radius 3 is 2.45 bits per heavy atom. The van der Waals surface area contributed by atoms with Crippen LogP contribution in [0.1, 0.15) is 82.1 Å². The molecule has 0 spiro atoms. The minimum atomic E-state index is -1.92. The summed E-state index contributed by atoms with van der Waals surface area (Å²) in [6, 6.07) is 3.45. The van der Waals surface area contributed by atoms with Crippen LogP contribution in [0.4, 0.5) is 5.69 Å². The smallest absolute Gasteiger partial charge is 0.343 e. The van der Waals surface area contributed by atoms with Gasteiger partial charge in [-0.15, -0.1) is 11.8 Å². The number of cyclic esters (lactones) is 1. The molecule has 294 valence electrons. The molecule has 16 heteroatoms. The van der Waals surface area contributed by atoms with Crippen LogP contribution in [-0.2, 0) is 58.7 Å². The van der Waals surface area contributed by atoms with Crippen molar-refractivity contribution < 1.29 is 38.6 Å². The maximum absolute atomic E-state index is 13.7. The van der Waals surface area contributed by atoms with Gasteiger partial charge in [0.1, 0.15) is 18.7 Å². The van der Waals surface area contributed by atoms with Gasteiger partial charge in [-0.1, -0.05) is 27.2 Å². The number of amides is 5. The van der Waals surface area contributed by atoms with Gasteiger partial charge in [-0.2, -0.15) is 0 Å². The molecule has 1 aromatic carbocycles. The van der Waals surface area contributed by atoms with Crippen LogP contribution in [0.25, 0.3) is 22.3 Å². The molecule has 0 radical (unpaired) electrons. The number of anilines is 1. The standard InChI is InChI=1S/C40H44N6O9S/c1-5-40(54)25-17-28-34-23(18-46(28)38(52)24(25)19-55-39(40)53)22-14-16-56-35-27(11-10-26(42-34)32(22)35)43-36(50)21(4)41-37(51)33(20(2)3)44-29(47)9-7-6-8-15-45-30(48)12-13-31(45)49/h10-13,17,20-21,33,54H,5-9,14-16,18-19H2,1-4H3,(H,41,51)(H,43,50)(H,44,47)/t21-,33-,40-/m0/s1. The first-order valence-corrected chi connectivity index (χ1v) is 19.9. The number of rotatable bonds is 13. The lowest BCUT2D eigenvalue weighted by Crippen LogP contribution is -2.53. The van der Waals surface area contributed by atoms with Crippen LogP contribution in [0.3, 0.4) is 0 Å². The van der Waals surface area contributed by atoms with E-state index in [1.165, 1.54) is 12.2 Å². The van der Waals surface area contributed by atoms with Crippen LogP contribution in [0.2, 0.25) is 0 Å². The van der Waals surface area contributed by atoms with Gasteiger partial charge in [0.05, 0.1) is 34.7 Å². The average Bonchev–Trinajstić information content (AvgIpc) is 3.71. The Bertz CT molecular complexity index is 2280. The molecular weight excluding hydrogens is 741 g/mol. The minimum absolute atomic E-state index is 0.0489. The summed E-state index contributed by atoms with van der Waals surface area (Å²) in [7, 11) is 0. The molecule has 3 atom stereocenters. The summed E-state index contributed by atoms with van der Waals surface area (Å²) >= 11 is 1.58. The zero-order valence-corrected chi connectivity index (χ0v) is 32.5. The van der Waals surface area contributed by atoms with Gasteiger partial charge in [-0.05, 0) is 62.3 Å². The number of ether oxygens (including phenoxy) is 1. The second-order valence-corrected chi connectivity index (χ2v) is 16.0. The van der Waals surface area contributed by atoms with Crippen molar-refractivity contribution in [3.05, 3.63) is 63.0 Å². The summed E-state index contributed by atoms with van der Waals surface area (Å²) in [6.45, 7) is 7.19. The number of thioether (sulfide) groups is 1. The van der Waals surface area contributed by atoms with E-state index in [1.54, 1.807) is 62.2 Å². The lowest BCUT2D eigenvalue weighted by Gasteiger charge is -2.31. The summed E-state index contributed by atoms with van der Waals surface area (Å²) in [5.74, 6) is -2.25. The van der Waals surface area contributed by atoms with Gasteiger partial charge >= 0.3 is 5.97 Å². The van der Waals surface area contributed by atoms with Crippen LogP contribution in [0.5, 0.6) is 0 Å². The van der Waals surface area contributed by atoms with E-state index in [-0.39, 0.29) is 72.9 Å². The van der Waals surface area contributed by atoms with E-state index in [0.717, 1.165) is 26.3 Å². The number of carbonyl (C=O) groups is 6. The third-order valence-electron chi connectivity index (χ3n) is 11.0. The first-order valence-electron chi connectivity index (χ1n) is 19.0. The number of aromatic nitrogens is 2. The summed E-state index contributed by atoms with van der Waals surface area (Å²) in [5, 5.41) is 20.6. The number of pyridine rings is 2. The quantitative estimate of drug-likeness (QED) is 0.0882. The normalized spacial score (nSPS) is 19.0. The lowest BCUT2D eigenvalue weighted by atomic mass is 9.86. The zero-order valence-electron chi connectivity index (χ0n) is 31.7. The number of benzene rings is 1. The van der Waals surface area contributed by atoms with E-state index in [0.29, 0.717) is 54.0 Å². The number of esters is 1. The van der Waals surface area contributed by atoms with Gasteiger partial charge in [0.2, 0.25) is 17.7 Å². The largest absolute Gasteiger partial charge is 0.458 e. The van der Waals surface area contributed by atoms with Gasteiger partial charge in [-0.3, -0.25) is 33.7 Å². The number of hydrogen-bond acceptors (Lipinski definition) is 11.